The number of aliphatic carboxylic acids is 1. The van der Waals surface area contributed by atoms with Crippen LogP contribution in [0.4, 0.5) is 0 Å². The number of ether oxygens (including phenoxy) is 1. The summed E-state index contributed by atoms with van der Waals surface area (Å²) in [5, 5.41) is 11.6. The number of halogens is 1. The summed E-state index contributed by atoms with van der Waals surface area (Å²) in [6, 6.07) is 7.44. The molecule has 2 N–H and O–H groups in total. The molecule has 0 bridgehead atoms. The number of carbonyl (C=O) groups is 2. The van der Waals surface area contributed by atoms with Crippen molar-refractivity contribution in [3.63, 3.8) is 0 Å². The number of rotatable bonds is 7. The highest BCUT2D eigenvalue weighted by Gasteiger charge is 2.21. The minimum Gasteiger partial charge on any atom is -0.488 e. The number of aryl methyl sites for hydroxylation is 1. The number of hydrogen-bond acceptors (Lipinski definition) is 4. The van der Waals surface area contributed by atoms with E-state index in [9.17, 15) is 9.59 Å². The molecule has 0 saturated heterocycles. The second kappa shape index (κ2) is 8.01. The average Bonchev–Trinajstić information content (AvgIpc) is 2.87. The number of carbonyl (C=O) groups excluding carboxylic acids is 1. The zero-order chi connectivity index (χ0) is 17.7. The van der Waals surface area contributed by atoms with Crippen LogP contribution in [0.5, 0.6) is 5.75 Å². The molecule has 1 amide bonds. The third kappa shape index (κ3) is 4.61. The Morgan fingerprint density at radius 2 is 2.08 bits per heavy atom. The first-order chi connectivity index (χ1) is 11.4. The molecule has 0 radical (unpaired) electrons. The minimum absolute atomic E-state index is 0.150. The molecule has 2 rings (SSSR count). The topological polar surface area (TPSA) is 88.8 Å². The Morgan fingerprint density at radius 3 is 2.75 bits per heavy atom. The van der Waals surface area contributed by atoms with Crippen LogP contribution < -0.4 is 10.1 Å². The molecule has 1 aromatic carbocycles. The first kappa shape index (κ1) is 18.1. The van der Waals surface area contributed by atoms with Crippen molar-refractivity contribution >= 4 is 27.8 Å². The lowest BCUT2D eigenvalue weighted by Crippen LogP contribution is -2.34. The summed E-state index contributed by atoms with van der Waals surface area (Å²) in [7, 11) is 0. The molecule has 0 spiro atoms. The highest BCUT2D eigenvalue weighted by atomic mass is 79.9. The second-order valence-electron chi connectivity index (χ2n) is 5.36. The Labute approximate surface area is 147 Å². The maximum atomic E-state index is 12.3. The zero-order valence-corrected chi connectivity index (χ0v) is 14.9. The first-order valence-corrected chi connectivity index (χ1v) is 8.16. The monoisotopic (exact) mass is 395 g/mol. The van der Waals surface area contributed by atoms with Crippen molar-refractivity contribution in [2.45, 2.75) is 26.4 Å². The van der Waals surface area contributed by atoms with Gasteiger partial charge in [-0.2, -0.15) is 0 Å². The van der Waals surface area contributed by atoms with E-state index in [0.717, 1.165) is 4.47 Å². The van der Waals surface area contributed by atoms with Gasteiger partial charge in [0.1, 0.15) is 24.0 Å². The number of carboxylic acids is 1. The van der Waals surface area contributed by atoms with E-state index in [0.29, 0.717) is 11.3 Å². The molecule has 0 fully saturated rings. The van der Waals surface area contributed by atoms with Crippen LogP contribution >= 0.6 is 15.9 Å². The van der Waals surface area contributed by atoms with Gasteiger partial charge in [0.05, 0.1) is 22.8 Å². The van der Waals surface area contributed by atoms with Crippen LogP contribution in [0.3, 0.4) is 0 Å². The van der Waals surface area contributed by atoms with Crippen molar-refractivity contribution in [3.8, 4) is 5.75 Å². The number of amides is 1. The Balaban J connectivity index is 1.97. The number of benzene rings is 1. The highest BCUT2D eigenvalue weighted by molar-refractivity contribution is 9.10. The molecule has 1 atom stereocenters. The molecule has 7 heteroatoms. The summed E-state index contributed by atoms with van der Waals surface area (Å²) in [5.41, 5.74) is 0.869. The predicted molar refractivity (Wildman–Crippen MR) is 91.4 cm³/mol. The van der Waals surface area contributed by atoms with Gasteiger partial charge in [-0.25, -0.2) is 0 Å². The highest BCUT2D eigenvalue weighted by Crippen LogP contribution is 2.24. The lowest BCUT2D eigenvalue weighted by atomic mass is 10.1. The molecule has 24 heavy (non-hydrogen) atoms. The second-order valence-corrected chi connectivity index (χ2v) is 6.21. The zero-order valence-electron chi connectivity index (χ0n) is 13.3. The van der Waals surface area contributed by atoms with E-state index in [2.05, 4.69) is 21.2 Å². The molecular weight excluding hydrogens is 378 g/mol. The van der Waals surface area contributed by atoms with Crippen molar-refractivity contribution in [2.24, 2.45) is 0 Å². The first-order valence-electron chi connectivity index (χ1n) is 7.36. The summed E-state index contributed by atoms with van der Waals surface area (Å²) in [6.07, 6.45) is 0.788. The van der Waals surface area contributed by atoms with E-state index in [1.807, 2.05) is 31.2 Å². The van der Waals surface area contributed by atoms with Gasteiger partial charge in [-0.05, 0) is 41.9 Å². The maximum Gasteiger partial charge on any atom is 0.311 e. The fraction of sp³-hybridized carbons (Fsp3) is 0.294. The molecule has 6 nitrogen and oxygen atoms in total. The standard InChI is InChI=1S/C17H18BrNO5/c1-10-9-23-14(7-15(20)21)16(10)17(22)19-8-11(2)24-13-6-4-3-5-12(13)18/h3-6,9,11H,7-8H2,1-2H3,(H,19,22)(H,20,21). The molecule has 1 aromatic heterocycles. The van der Waals surface area contributed by atoms with Crippen LogP contribution in [0.25, 0.3) is 0 Å². The van der Waals surface area contributed by atoms with Crippen molar-refractivity contribution in [1.29, 1.82) is 0 Å². The van der Waals surface area contributed by atoms with E-state index in [-0.39, 0.29) is 36.3 Å². The van der Waals surface area contributed by atoms with Crippen LogP contribution in [0.2, 0.25) is 0 Å². The third-order valence-electron chi connectivity index (χ3n) is 3.30. The van der Waals surface area contributed by atoms with Crippen molar-refractivity contribution in [2.75, 3.05) is 6.54 Å². The minimum atomic E-state index is -1.05. The van der Waals surface area contributed by atoms with Crippen LogP contribution in [0.15, 0.2) is 39.4 Å². The van der Waals surface area contributed by atoms with E-state index < -0.39 is 5.97 Å². The van der Waals surface area contributed by atoms with Crippen molar-refractivity contribution in [3.05, 3.63) is 51.9 Å². The molecular formula is C17H18BrNO5. The molecule has 1 heterocycles. The summed E-state index contributed by atoms with van der Waals surface area (Å²) >= 11 is 3.40. The number of nitrogens with one attached hydrogen (secondary N) is 1. The molecule has 2 aromatic rings. The van der Waals surface area contributed by atoms with Gasteiger partial charge < -0.3 is 19.6 Å². The Bertz CT molecular complexity index is 740. The number of hydrogen-bond donors (Lipinski definition) is 2. The van der Waals surface area contributed by atoms with Gasteiger partial charge in [-0.1, -0.05) is 12.1 Å². The number of para-hydroxylation sites is 1. The van der Waals surface area contributed by atoms with E-state index in [1.165, 1.54) is 6.26 Å². The van der Waals surface area contributed by atoms with Gasteiger partial charge in [0.2, 0.25) is 0 Å². The van der Waals surface area contributed by atoms with Crippen molar-refractivity contribution < 1.29 is 23.8 Å². The Hall–Kier alpha value is -2.28. The lowest BCUT2D eigenvalue weighted by Gasteiger charge is -2.16. The maximum absolute atomic E-state index is 12.3. The molecule has 128 valence electrons. The molecule has 0 aliphatic rings. The smallest absolute Gasteiger partial charge is 0.311 e. The van der Waals surface area contributed by atoms with Gasteiger partial charge in [0, 0.05) is 5.56 Å². The fourth-order valence-electron chi connectivity index (χ4n) is 2.19. The predicted octanol–water partition coefficient (Wildman–Crippen LogP) is 3.17. The van der Waals surface area contributed by atoms with Gasteiger partial charge in [0.25, 0.3) is 5.91 Å². The van der Waals surface area contributed by atoms with E-state index >= 15 is 0 Å². The lowest BCUT2D eigenvalue weighted by molar-refractivity contribution is -0.136. The van der Waals surface area contributed by atoms with Gasteiger partial charge in [-0.3, -0.25) is 9.59 Å². The van der Waals surface area contributed by atoms with Crippen molar-refractivity contribution in [1.82, 2.24) is 5.32 Å². The number of carboxylic acid groups (broad SMARTS) is 1. The molecule has 0 aliphatic carbocycles. The van der Waals surface area contributed by atoms with E-state index in [1.54, 1.807) is 6.92 Å². The summed E-state index contributed by atoms with van der Waals surface area (Å²) < 4.78 is 11.8. The molecule has 1 unspecified atom stereocenters. The summed E-state index contributed by atoms with van der Waals surface area (Å²) in [6.45, 7) is 3.81. The SMILES string of the molecule is Cc1coc(CC(=O)O)c1C(=O)NCC(C)Oc1ccccc1Br. The van der Waals surface area contributed by atoms with Crippen LogP contribution in [-0.4, -0.2) is 29.6 Å². The summed E-state index contributed by atoms with van der Waals surface area (Å²) in [5.74, 6) is -0.591. The van der Waals surface area contributed by atoms with Crippen LogP contribution in [0.1, 0.15) is 28.6 Å². The quantitative estimate of drug-likeness (QED) is 0.751. The normalized spacial score (nSPS) is 11.8. The number of furan rings is 1. The van der Waals surface area contributed by atoms with Gasteiger partial charge >= 0.3 is 5.97 Å². The van der Waals surface area contributed by atoms with Crippen LogP contribution in [-0.2, 0) is 11.2 Å². The van der Waals surface area contributed by atoms with E-state index in [4.69, 9.17) is 14.3 Å². The fourth-order valence-corrected chi connectivity index (χ4v) is 2.57. The van der Waals surface area contributed by atoms with Gasteiger partial charge in [0.15, 0.2) is 0 Å². The van der Waals surface area contributed by atoms with Crippen LogP contribution in [0, 0.1) is 6.92 Å². The molecule has 0 aliphatic heterocycles. The van der Waals surface area contributed by atoms with Gasteiger partial charge in [-0.15, -0.1) is 0 Å². The summed E-state index contributed by atoms with van der Waals surface area (Å²) in [4.78, 5) is 23.2. The third-order valence-corrected chi connectivity index (χ3v) is 3.96. The Morgan fingerprint density at radius 1 is 1.38 bits per heavy atom. The largest absolute Gasteiger partial charge is 0.488 e. The molecule has 0 saturated carbocycles. The Kier molecular flexibility index (Phi) is 6.03. The average molecular weight is 396 g/mol.